The van der Waals surface area contributed by atoms with E-state index in [1.807, 2.05) is 0 Å². The van der Waals surface area contributed by atoms with Crippen LogP contribution in [0.1, 0.15) is 37.8 Å². The van der Waals surface area contributed by atoms with E-state index in [0.717, 1.165) is 25.3 Å². The molecule has 1 aromatic heterocycles. The van der Waals surface area contributed by atoms with Crippen molar-refractivity contribution in [2.75, 3.05) is 6.61 Å². The lowest BCUT2D eigenvalue weighted by Gasteiger charge is -2.29. The number of esters is 1. The molecule has 0 aliphatic carbocycles. The minimum atomic E-state index is -5.36. The maximum absolute atomic E-state index is 11.1. The summed E-state index contributed by atoms with van der Waals surface area (Å²) in [5.74, 6) is -0.289. The third-order valence-corrected chi connectivity index (χ3v) is 11.3. The van der Waals surface area contributed by atoms with E-state index >= 15 is 0 Å². The fraction of sp³-hybridized carbons (Fsp3) is 0.467. The van der Waals surface area contributed by atoms with Crippen molar-refractivity contribution in [3.05, 3.63) is 36.4 Å². The lowest BCUT2D eigenvalue weighted by Crippen LogP contribution is -2.29. The molecule has 1 aromatic rings. The molecule has 0 saturated heterocycles. The zero-order chi connectivity index (χ0) is 28.8. The summed E-state index contributed by atoms with van der Waals surface area (Å²) in [5, 5.41) is 3.74. The van der Waals surface area contributed by atoms with E-state index in [4.69, 9.17) is 43.9 Å². The third kappa shape index (κ3) is 11.0. The average molecular weight is 601 g/mol. The Hall–Kier alpha value is -1.28. The summed E-state index contributed by atoms with van der Waals surface area (Å²) in [6.45, 7) is 6.02. The van der Waals surface area contributed by atoms with E-state index < -0.39 is 59.0 Å². The monoisotopic (exact) mass is 601 g/mol. The van der Waals surface area contributed by atoms with E-state index in [9.17, 15) is 28.2 Å². The van der Waals surface area contributed by atoms with E-state index in [0.29, 0.717) is 5.76 Å². The summed E-state index contributed by atoms with van der Waals surface area (Å²) in [6, 6.07) is 2.10. The summed E-state index contributed by atoms with van der Waals surface area (Å²) >= 11 is 0. The molecule has 0 fully saturated rings. The molecule has 0 aliphatic rings. The lowest BCUT2D eigenvalue weighted by atomic mass is 10.3. The predicted octanol–water partition coefficient (Wildman–Crippen LogP) is 0.679. The topological polar surface area (TPSA) is 299 Å². The minimum Gasteiger partial charge on any atom is -0.499 e. The smallest absolute Gasteiger partial charge is 0.369 e. The average Bonchev–Trinajstić information content (AvgIpc) is 2.62. The lowest BCUT2D eigenvalue weighted by molar-refractivity contribution is -0.131. The molecule has 9 N–H and O–H groups in total. The van der Waals surface area contributed by atoms with Gasteiger partial charge in [0.25, 0.3) is 5.08 Å². The standard InChI is InChI=1S/C8H11NO8P2.C7H16O8P2/c1-5(10)17-6-2-3-7(9-4-6)8(18(11,12)13)19(14,15)16;1-6(2)15-5-3-4-7(8,16(9,10)11)17(12,13)14/h2-4,8H,1H3,(H2,11,12,13)(H2,14,15,16);8H,1,3-5H2,2H3,(H2,9,10,11)(H2,12,13,14). The van der Waals surface area contributed by atoms with E-state index in [1.165, 1.54) is 6.92 Å². The number of aliphatic hydroxyl groups is 1. The Labute approximate surface area is 204 Å². The second-order valence-electron chi connectivity index (χ2n) is 7.08. The van der Waals surface area contributed by atoms with Gasteiger partial charge in [-0.15, -0.1) is 0 Å². The summed E-state index contributed by atoms with van der Waals surface area (Å²) in [5.41, 5.74) is -0.488. The zero-order valence-electron chi connectivity index (χ0n) is 18.8. The number of allylic oxidation sites excluding steroid dienone is 1. The summed E-state index contributed by atoms with van der Waals surface area (Å²) in [4.78, 5) is 85.2. The number of carbonyl (C=O) groups excluding carboxylic acids is 1. The van der Waals surface area contributed by atoms with Gasteiger partial charge < -0.3 is 53.7 Å². The molecule has 0 unspecified atom stereocenters. The Balaban J connectivity index is 0.000000686. The van der Waals surface area contributed by atoms with Crippen molar-refractivity contribution < 1.29 is 76.8 Å². The molecule has 17 nitrogen and oxygen atoms in total. The first kappa shape index (κ1) is 34.7. The van der Waals surface area contributed by atoms with Gasteiger partial charge in [0.15, 0.2) is 0 Å². The molecule has 1 rings (SSSR count). The molecule has 0 saturated carbocycles. The highest BCUT2D eigenvalue weighted by molar-refractivity contribution is 7.72. The quantitative estimate of drug-likeness (QED) is 0.0729. The van der Waals surface area contributed by atoms with E-state index in [2.05, 4.69) is 16.3 Å². The number of rotatable bonds is 11. The Kier molecular flexibility index (Phi) is 12.5. The summed E-state index contributed by atoms with van der Waals surface area (Å²) < 4.78 is 53.6. The van der Waals surface area contributed by atoms with Gasteiger partial charge in [-0.2, -0.15) is 0 Å². The van der Waals surface area contributed by atoms with Crippen LogP contribution in [0.5, 0.6) is 5.75 Å². The molecule has 208 valence electrons. The van der Waals surface area contributed by atoms with Gasteiger partial charge in [-0.3, -0.25) is 28.0 Å². The predicted molar refractivity (Wildman–Crippen MR) is 121 cm³/mol. The van der Waals surface area contributed by atoms with Crippen LogP contribution in [-0.4, -0.2) is 66.9 Å². The Morgan fingerprint density at radius 3 is 1.75 bits per heavy atom. The van der Waals surface area contributed by atoms with Crippen molar-refractivity contribution in [3.8, 4) is 5.75 Å². The largest absolute Gasteiger partial charge is 0.499 e. The van der Waals surface area contributed by atoms with Crippen LogP contribution in [0, 0.1) is 0 Å². The summed E-state index contributed by atoms with van der Waals surface area (Å²) in [6.07, 6.45) is 0.0173. The van der Waals surface area contributed by atoms with Gasteiger partial charge in [0, 0.05) is 13.3 Å². The van der Waals surface area contributed by atoms with Gasteiger partial charge >= 0.3 is 36.4 Å². The number of nitrogens with zero attached hydrogens (tertiary/aromatic N) is 1. The summed E-state index contributed by atoms with van der Waals surface area (Å²) in [7, 11) is -20.9. The van der Waals surface area contributed by atoms with Crippen LogP contribution < -0.4 is 4.74 Å². The second kappa shape index (κ2) is 13.0. The maximum Gasteiger partial charge on any atom is 0.369 e. The fourth-order valence-electron chi connectivity index (χ4n) is 2.33. The molecule has 0 aromatic carbocycles. The van der Waals surface area contributed by atoms with Gasteiger partial charge in [0.1, 0.15) is 5.75 Å². The van der Waals surface area contributed by atoms with Crippen molar-refractivity contribution >= 4 is 36.4 Å². The normalized spacial score (nSPS) is 13.0. The second-order valence-corrected chi connectivity index (χ2v) is 14.9. The van der Waals surface area contributed by atoms with E-state index in [-0.39, 0.29) is 18.8 Å². The van der Waals surface area contributed by atoms with Gasteiger partial charge in [-0.1, -0.05) is 6.58 Å². The van der Waals surface area contributed by atoms with Gasteiger partial charge in [-0.25, -0.2) is 0 Å². The van der Waals surface area contributed by atoms with Gasteiger partial charge in [-0.05, 0) is 25.5 Å². The molecule has 21 heteroatoms. The Morgan fingerprint density at radius 1 is 0.972 bits per heavy atom. The number of carbonyl (C=O) groups is 1. The van der Waals surface area contributed by atoms with Crippen molar-refractivity contribution in [1.29, 1.82) is 0 Å². The Morgan fingerprint density at radius 2 is 1.44 bits per heavy atom. The van der Waals surface area contributed by atoms with Crippen molar-refractivity contribution in [2.45, 2.75) is 37.2 Å². The fourth-order valence-corrected chi connectivity index (χ4v) is 7.15. The first-order valence-corrected chi connectivity index (χ1v) is 15.9. The highest BCUT2D eigenvalue weighted by Crippen LogP contribution is 2.70. The molecule has 0 radical (unpaired) electrons. The van der Waals surface area contributed by atoms with Gasteiger partial charge in [0.05, 0.1) is 24.3 Å². The first-order valence-electron chi connectivity index (χ1n) is 9.30. The number of pyridine rings is 1. The minimum absolute atomic E-state index is 0.00794. The molecule has 0 amide bonds. The van der Waals surface area contributed by atoms with Crippen LogP contribution in [0.15, 0.2) is 30.7 Å². The molecule has 0 spiro atoms. The molecular weight excluding hydrogens is 574 g/mol. The molecule has 0 atom stereocenters. The van der Waals surface area contributed by atoms with Crippen LogP contribution >= 0.6 is 30.4 Å². The van der Waals surface area contributed by atoms with Crippen LogP contribution in [0.25, 0.3) is 0 Å². The van der Waals surface area contributed by atoms with Crippen molar-refractivity contribution in [1.82, 2.24) is 4.98 Å². The maximum atomic E-state index is 11.1. The van der Waals surface area contributed by atoms with Crippen LogP contribution in [-0.2, 0) is 27.8 Å². The molecule has 0 bridgehead atoms. The molecule has 1 heterocycles. The first-order chi connectivity index (χ1) is 15.9. The number of hydrogen-bond acceptors (Lipinski definition) is 9. The van der Waals surface area contributed by atoms with Gasteiger partial charge in [0.2, 0.25) is 5.40 Å². The number of aromatic nitrogens is 1. The van der Waals surface area contributed by atoms with Crippen molar-refractivity contribution in [2.24, 2.45) is 0 Å². The number of ether oxygens (including phenoxy) is 2. The van der Waals surface area contributed by atoms with Crippen LogP contribution in [0.2, 0.25) is 0 Å². The SMILES string of the molecule is C=C(C)OCCCC(O)(P(=O)(O)O)P(=O)(O)O.CC(=O)Oc1ccc(C(P(=O)(O)O)P(=O)(O)O)nc1. The van der Waals surface area contributed by atoms with Crippen LogP contribution in [0.4, 0.5) is 0 Å². The molecular formula is C15H27NO16P4. The van der Waals surface area contributed by atoms with Crippen LogP contribution in [0.3, 0.4) is 0 Å². The number of hydrogen-bond donors (Lipinski definition) is 9. The zero-order valence-corrected chi connectivity index (χ0v) is 22.3. The Bertz CT molecular complexity index is 1050. The third-order valence-electron chi connectivity index (χ3n) is 3.86. The highest BCUT2D eigenvalue weighted by atomic mass is 31.2. The molecule has 0 aliphatic heterocycles. The molecule has 36 heavy (non-hydrogen) atoms. The highest BCUT2D eigenvalue weighted by Gasteiger charge is 2.58. The van der Waals surface area contributed by atoms with Crippen molar-refractivity contribution in [3.63, 3.8) is 0 Å². The van der Waals surface area contributed by atoms with E-state index in [1.54, 1.807) is 0 Å².